The Bertz CT molecular complexity index is 411. The molecule has 0 spiro atoms. The first-order valence-corrected chi connectivity index (χ1v) is 7.93. The van der Waals surface area contributed by atoms with Crippen molar-refractivity contribution in [3.05, 3.63) is 0 Å². The van der Waals surface area contributed by atoms with E-state index in [0.717, 1.165) is 25.8 Å². The molecule has 2 fully saturated rings. The first-order chi connectivity index (χ1) is 10.1. The zero-order chi connectivity index (χ0) is 15.2. The summed E-state index contributed by atoms with van der Waals surface area (Å²) in [4.78, 5) is 38.7. The van der Waals surface area contributed by atoms with Gasteiger partial charge in [0.25, 0.3) is 0 Å². The highest BCUT2D eigenvalue weighted by Gasteiger charge is 2.26. The van der Waals surface area contributed by atoms with Gasteiger partial charge in [-0.1, -0.05) is 6.92 Å². The molecule has 118 valence electrons. The lowest BCUT2D eigenvalue weighted by molar-refractivity contribution is -0.147. The van der Waals surface area contributed by atoms with Gasteiger partial charge in [-0.05, 0) is 31.6 Å². The van der Waals surface area contributed by atoms with Crippen molar-refractivity contribution in [3.63, 3.8) is 0 Å². The zero-order valence-electron chi connectivity index (χ0n) is 12.8. The number of hydrogen-bond donors (Lipinski definition) is 1. The van der Waals surface area contributed by atoms with E-state index >= 15 is 0 Å². The molecule has 0 aliphatic carbocycles. The van der Waals surface area contributed by atoms with Crippen LogP contribution in [0.1, 0.15) is 39.0 Å². The molecule has 0 aromatic heterocycles. The van der Waals surface area contributed by atoms with Crippen LogP contribution in [0.15, 0.2) is 0 Å². The number of likely N-dealkylation sites (tertiary alicyclic amines) is 2. The molecule has 1 atom stereocenters. The Labute approximate surface area is 125 Å². The van der Waals surface area contributed by atoms with Gasteiger partial charge in [0, 0.05) is 39.1 Å². The van der Waals surface area contributed by atoms with Crippen molar-refractivity contribution < 1.29 is 14.4 Å². The van der Waals surface area contributed by atoms with Crippen LogP contribution in [-0.4, -0.2) is 60.2 Å². The van der Waals surface area contributed by atoms with Crippen molar-refractivity contribution in [1.29, 1.82) is 0 Å². The summed E-state index contributed by atoms with van der Waals surface area (Å²) in [5.74, 6) is -0.271. The summed E-state index contributed by atoms with van der Waals surface area (Å²) >= 11 is 0. The Kier molecular flexibility index (Phi) is 5.59. The molecule has 6 nitrogen and oxygen atoms in total. The van der Waals surface area contributed by atoms with Crippen LogP contribution in [0.4, 0.5) is 0 Å². The molecular formula is C15H25N3O3. The molecule has 2 aliphatic heterocycles. The number of nitrogens with zero attached hydrogens (tertiary/aromatic N) is 2. The van der Waals surface area contributed by atoms with E-state index in [4.69, 9.17) is 0 Å². The van der Waals surface area contributed by atoms with Crippen LogP contribution in [0.5, 0.6) is 0 Å². The van der Waals surface area contributed by atoms with Crippen molar-refractivity contribution in [1.82, 2.24) is 15.1 Å². The van der Waals surface area contributed by atoms with Crippen LogP contribution in [0.25, 0.3) is 0 Å². The molecule has 6 heteroatoms. The fourth-order valence-corrected chi connectivity index (χ4v) is 3.01. The summed E-state index contributed by atoms with van der Waals surface area (Å²) in [5, 5.41) is 2.67. The van der Waals surface area contributed by atoms with Gasteiger partial charge >= 0.3 is 11.8 Å². The number of rotatable bonds is 4. The van der Waals surface area contributed by atoms with Crippen LogP contribution in [0, 0.1) is 5.92 Å². The summed E-state index contributed by atoms with van der Waals surface area (Å²) in [7, 11) is 0. The average Bonchev–Trinajstić information content (AvgIpc) is 2.88. The first-order valence-electron chi connectivity index (χ1n) is 7.93. The van der Waals surface area contributed by atoms with Crippen LogP contribution in [-0.2, 0) is 14.4 Å². The molecule has 0 saturated carbocycles. The Morgan fingerprint density at radius 1 is 1.29 bits per heavy atom. The summed E-state index contributed by atoms with van der Waals surface area (Å²) in [6.07, 6.45) is 4.35. The lowest BCUT2D eigenvalue weighted by Gasteiger charge is -2.30. The van der Waals surface area contributed by atoms with Crippen molar-refractivity contribution >= 4 is 17.7 Å². The van der Waals surface area contributed by atoms with Crippen molar-refractivity contribution in [3.8, 4) is 0 Å². The highest BCUT2D eigenvalue weighted by atomic mass is 16.2. The third kappa shape index (κ3) is 4.44. The highest BCUT2D eigenvalue weighted by molar-refractivity contribution is 6.35. The molecule has 0 radical (unpaired) electrons. The lowest BCUT2D eigenvalue weighted by Crippen LogP contribution is -2.47. The number of amides is 3. The van der Waals surface area contributed by atoms with Gasteiger partial charge in [-0.15, -0.1) is 0 Å². The highest BCUT2D eigenvalue weighted by Crippen LogP contribution is 2.15. The molecule has 0 aromatic carbocycles. The first kappa shape index (κ1) is 15.8. The van der Waals surface area contributed by atoms with Crippen LogP contribution in [0.2, 0.25) is 0 Å². The number of carbonyl (C=O) groups excluding carboxylic acids is 3. The Balaban J connectivity index is 1.64. The second-order valence-electron chi connectivity index (χ2n) is 6.09. The third-order valence-electron chi connectivity index (χ3n) is 4.20. The molecule has 2 heterocycles. The molecule has 1 N–H and O–H groups in total. The molecule has 0 aromatic rings. The Morgan fingerprint density at radius 3 is 2.76 bits per heavy atom. The fourth-order valence-electron chi connectivity index (χ4n) is 3.01. The van der Waals surface area contributed by atoms with Crippen molar-refractivity contribution in [2.75, 3.05) is 32.7 Å². The molecule has 21 heavy (non-hydrogen) atoms. The number of carbonyl (C=O) groups is 3. The van der Waals surface area contributed by atoms with Crippen molar-refractivity contribution in [2.24, 2.45) is 5.92 Å². The SMILES string of the molecule is CC1CCCN(C(=O)C(=O)NCCCN2CCCC2=O)C1. The number of piperidine rings is 1. The van der Waals surface area contributed by atoms with Crippen LogP contribution < -0.4 is 5.32 Å². The van der Waals surface area contributed by atoms with Crippen LogP contribution >= 0.6 is 0 Å². The molecule has 2 aliphatic rings. The van der Waals surface area contributed by atoms with E-state index in [1.54, 1.807) is 4.90 Å². The van der Waals surface area contributed by atoms with Crippen LogP contribution in [0.3, 0.4) is 0 Å². The van der Waals surface area contributed by atoms with Gasteiger partial charge in [0.15, 0.2) is 0 Å². The van der Waals surface area contributed by atoms with E-state index in [-0.39, 0.29) is 5.91 Å². The molecule has 1 unspecified atom stereocenters. The molecular weight excluding hydrogens is 270 g/mol. The minimum absolute atomic E-state index is 0.194. The quantitative estimate of drug-likeness (QED) is 0.602. The van der Waals surface area contributed by atoms with E-state index in [2.05, 4.69) is 12.2 Å². The van der Waals surface area contributed by atoms with Gasteiger partial charge in [-0.3, -0.25) is 14.4 Å². The van der Waals surface area contributed by atoms with E-state index in [9.17, 15) is 14.4 Å². The molecule has 3 amide bonds. The molecule has 2 saturated heterocycles. The smallest absolute Gasteiger partial charge is 0.311 e. The largest absolute Gasteiger partial charge is 0.348 e. The van der Waals surface area contributed by atoms with Gasteiger partial charge in [-0.2, -0.15) is 0 Å². The van der Waals surface area contributed by atoms with E-state index in [0.29, 0.717) is 44.9 Å². The van der Waals surface area contributed by atoms with Crippen molar-refractivity contribution in [2.45, 2.75) is 39.0 Å². The normalized spacial score (nSPS) is 22.5. The standard InChI is InChI=1S/C15H25N3O3/c1-12-5-2-9-18(11-12)15(21)14(20)16-7-4-10-17-8-3-6-13(17)19/h12H,2-11H2,1H3,(H,16,20). The number of hydrogen-bond acceptors (Lipinski definition) is 3. The molecule has 2 rings (SSSR count). The minimum atomic E-state index is -0.517. The minimum Gasteiger partial charge on any atom is -0.348 e. The zero-order valence-corrected chi connectivity index (χ0v) is 12.8. The third-order valence-corrected chi connectivity index (χ3v) is 4.20. The Hall–Kier alpha value is -1.59. The van der Waals surface area contributed by atoms with Gasteiger partial charge < -0.3 is 15.1 Å². The monoisotopic (exact) mass is 295 g/mol. The summed E-state index contributed by atoms with van der Waals surface area (Å²) in [6, 6.07) is 0. The van der Waals surface area contributed by atoms with Gasteiger partial charge in [0.05, 0.1) is 0 Å². The maximum Gasteiger partial charge on any atom is 0.311 e. The average molecular weight is 295 g/mol. The van der Waals surface area contributed by atoms with Gasteiger partial charge in [0.1, 0.15) is 0 Å². The molecule has 0 bridgehead atoms. The second kappa shape index (κ2) is 7.43. The van der Waals surface area contributed by atoms with E-state index < -0.39 is 11.8 Å². The lowest BCUT2D eigenvalue weighted by atomic mass is 10.0. The van der Waals surface area contributed by atoms with E-state index in [1.807, 2.05) is 4.90 Å². The number of nitrogens with one attached hydrogen (secondary N) is 1. The summed E-state index contributed by atoms with van der Waals surface area (Å²) < 4.78 is 0. The van der Waals surface area contributed by atoms with Gasteiger partial charge in [-0.25, -0.2) is 0 Å². The predicted molar refractivity (Wildman–Crippen MR) is 78.4 cm³/mol. The summed E-state index contributed by atoms with van der Waals surface area (Å²) in [6.45, 7) is 5.38. The summed E-state index contributed by atoms with van der Waals surface area (Å²) in [5.41, 5.74) is 0. The maximum atomic E-state index is 12.0. The fraction of sp³-hybridized carbons (Fsp3) is 0.800. The Morgan fingerprint density at radius 2 is 2.10 bits per heavy atom. The maximum absolute atomic E-state index is 12.0. The second-order valence-corrected chi connectivity index (χ2v) is 6.09. The topological polar surface area (TPSA) is 69.7 Å². The van der Waals surface area contributed by atoms with E-state index in [1.165, 1.54) is 0 Å². The predicted octanol–water partition coefficient (Wildman–Crippen LogP) is 0.374. The van der Waals surface area contributed by atoms with Gasteiger partial charge in [0.2, 0.25) is 5.91 Å².